The Balaban J connectivity index is 1.80. The summed E-state index contributed by atoms with van der Waals surface area (Å²) < 4.78 is 29.0. The molecule has 0 radical (unpaired) electrons. The van der Waals surface area contributed by atoms with Crippen molar-refractivity contribution in [2.75, 3.05) is 17.4 Å². The topological polar surface area (TPSA) is 86.8 Å². The summed E-state index contributed by atoms with van der Waals surface area (Å²) in [5.74, 6) is -0.953. The molecule has 1 unspecified atom stereocenters. The normalized spacial score (nSPS) is 11.9. The Labute approximate surface area is 273 Å². The van der Waals surface area contributed by atoms with Gasteiger partial charge < -0.3 is 10.2 Å². The number of amides is 2. The quantitative estimate of drug-likeness (QED) is 0.166. The molecule has 4 rings (SSSR count). The van der Waals surface area contributed by atoms with E-state index in [0.29, 0.717) is 33.6 Å². The van der Waals surface area contributed by atoms with E-state index in [0.717, 1.165) is 9.87 Å². The van der Waals surface area contributed by atoms with Gasteiger partial charge in [-0.1, -0.05) is 96.3 Å². The zero-order valence-electron chi connectivity index (χ0n) is 24.0. The van der Waals surface area contributed by atoms with E-state index in [9.17, 15) is 18.0 Å². The molecular formula is C33H32Cl3N3O4S. The fourth-order valence-corrected chi connectivity index (χ4v) is 6.62. The molecule has 0 aliphatic rings. The van der Waals surface area contributed by atoms with Crippen molar-refractivity contribution in [1.82, 2.24) is 10.2 Å². The van der Waals surface area contributed by atoms with Crippen molar-refractivity contribution in [1.29, 1.82) is 0 Å². The van der Waals surface area contributed by atoms with Crippen LogP contribution in [0.2, 0.25) is 15.1 Å². The van der Waals surface area contributed by atoms with Gasteiger partial charge in [0.15, 0.2) is 0 Å². The number of halogens is 3. The van der Waals surface area contributed by atoms with Crippen LogP contribution in [0.25, 0.3) is 0 Å². The third-order valence-electron chi connectivity index (χ3n) is 6.90. The first-order chi connectivity index (χ1) is 21.1. The Morgan fingerprint density at radius 3 is 2.05 bits per heavy atom. The Hall–Kier alpha value is -3.56. The molecule has 2 amide bonds. The number of hydrogen-bond donors (Lipinski definition) is 1. The molecular weight excluding hydrogens is 641 g/mol. The highest BCUT2D eigenvalue weighted by Gasteiger charge is 2.34. The Kier molecular flexibility index (Phi) is 11.7. The number of sulfonamides is 1. The van der Waals surface area contributed by atoms with Crippen molar-refractivity contribution < 1.29 is 18.0 Å². The molecule has 0 aliphatic heterocycles. The van der Waals surface area contributed by atoms with E-state index in [1.807, 2.05) is 37.3 Å². The van der Waals surface area contributed by atoms with Gasteiger partial charge in [-0.25, -0.2) is 8.42 Å². The molecule has 0 fully saturated rings. The lowest BCUT2D eigenvalue weighted by atomic mass is 10.0. The highest BCUT2D eigenvalue weighted by Crippen LogP contribution is 2.27. The van der Waals surface area contributed by atoms with Crippen LogP contribution in [0.1, 0.15) is 24.5 Å². The van der Waals surface area contributed by atoms with Crippen molar-refractivity contribution in [2.45, 2.75) is 37.2 Å². The predicted molar refractivity (Wildman–Crippen MR) is 177 cm³/mol. The first-order valence-electron chi connectivity index (χ1n) is 14.0. The van der Waals surface area contributed by atoms with Crippen LogP contribution in [0.3, 0.4) is 0 Å². The second-order valence-electron chi connectivity index (χ2n) is 10.1. The lowest BCUT2D eigenvalue weighted by Crippen LogP contribution is -2.53. The summed E-state index contributed by atoms with van der Waals surface area (Å²) >= 11 is 18.7. The average molecular weight is 673 g/mol. The van der Waals surface area contributed by atoms with Crippen LogP contribution in [-0.4, -0.2) is 44.3 Å². The minimum atomic E-state index is -4.22. The number of nitrogens with zero attached hydrogens (tertiary/aromatic N) is 2. The summed E-state index contributed by atoms with van der Waals surface area (Å²) in [4.78, 5) is 29.4. The van der Waals surface area contributed by atoms with Crippen molar-refractivity contribution >= 4 is 62.3 Å². The first kappa shape index (κ1) is 33.3. The van der Waals surface area contributed by atoms with Gasteiger partial charge >= 0.3 is 0 Å². The molecule has 0 aromatic heterocycles. The lowest BCUT2D eigenvalue weighted by molar-refractivity contribution is -0.140. The van der Waals surface area contributed by atoms with Crippen LogP contribution >= 0.6 is 34.8 Å². The largest absolute Gasteiger partial charge is 0.354 e. The highest BCUT2D eigenvalue weighted by molar-refractivity contribution is 7.92. The van der Waals surface area contributed by atoms with Crippen LogP contribution < -0.4 is 9.62 Å². The summed E-state index contributed by atoms with van der Waals surface area (Å²) in [5.41, 5.74) is 1.67. The molecule has 44 heavy (non-hydrogen) atoms. The van der Waals surface area contributed by atoms with E-state index in [-0.39, 0.29) is 29.5 Å². The van der Waals surface area contributed by atoms with Crippen LogP contribution in [0.15, 0.2) is 108 Å². The third kappa shape index (κ3) is 8.54. The maximum absolute atomic E-state index is 14.4. The fourth-order valence-electron chi connectivity index (χ4n) is 4.61. The minimum Gasteiger partial charge on any atom is -0.354 e. The standard InChI is InChI=1S/C33H32Cl3N3O4S/c1-2-19-37-33(41)31(20-24-9-5-3-6-10-24)38(22-25-13-14-27(35)21-30(25)36)32(40)23-39(28-11-7-4-8-12-28)44(42,43)29-17-15-26(34)16-18-29/h3-18,21,31H,2,19-20,22-23H2,1H3,(H,37,41). The van der Waals surface area contributed by atoms with Gasteiger partial charge in [-0.05, 0) is 66.1 Å². The molecule has 230 valence electrons. The average Bonchev–Trinajstić information content (AvgIpc) is 3.02. The predicted octanol–water partition coefficient (Wildman–Crippen LogP) is 7.01. The number of rotatable bonds is 13. The number of carbonyl (C=O) groups excluding carboxylic acids is 2. The maximum Gasteiger partial charge on any atom is 0.264 e. The van der Waals surface area contributed by atoms with Crippen molar-refractivity contribution in [3.05, 3.63) is 129 Å². The van der Waals surface area contributed by atoms with E-state index in [2.05, 4.69) is 5.32 Å². The Bertz CT molecular complexity index is 1670. The van der Waals surface area contributed by atoms with Crippen LogP contribution in [0.5, 0.6) is 0 Å². The van der Waals surface area contributed by atoms with Gasteiger partial charge in [0.05, 0.1) is 10.6 Å². The van der Waals surface area contributed by atoms with E-state index in [1.54, 1.807) is 48.5 Å². The van der Waals surface area contributed by atoms with Gasteiger partial charge in [0.1, 0.15) is 12.6 Å². The summed E-state index contributed by atoms with van der Waals surface area (Å²) in [6, 6.07) is 27.3. The molecule has 4 aromatic rings. The van der Waals surface area contributed by atoms with Crippen LogP contribution in [0.4, 0.5) is 5.69 Å². The molecule has 7 nitrogen and oxygen atoms in total. The van der Waals surface area contributed by atoms with Crippen LogP contribution in [0, 0.1) is 0 Å². The van der Waals surface area contributed by atoms with E-state index >= 15 is 0 Å². The summed E-state index contributed by atoms with van der Waals surface area (Å²) in [6.07, 6.45) is 0.893. The molecule has 0 spiro atoms. The molecule has 11 heteroatoms. The Morgan fingerprint density at radius 1 is 0.818 bits per heavy atom. The molecule has 1 atom stereocenters. The second-order valence-corrected chi connectivity index (χ2v) is 13.2. The molecule has 0 aliphatic carbocycles. The SMILES string of the molecule is CCCNC(=O)C(Cc1ccccc1)N(Cc1ccc(Cl)cc1Cl)C(=O)CN(c1ccccc1)S(=O)(=O)c1ccc(Cl)cc1. The van der Waals surface area contributed by atoms with Gasteiger partial charge in [0.25, 0.3) is 10.0 Å². The monoisotopic (exact) mass is 671 g/mol. The van der Waals surface area contributed by atoms with E-state index in [1.165, 1.54) is 29.2 Å². The number of anilines is 1. The van der Waals surface area contributed by atoms with Crippen molar-refractivity contribution in [3.63, 3.8) is 0 Å². The maximum atomic E-state index is 14.4. The zero-order chi connectivity index (χ0) is 31.7. The molecule has 1 N–H and O–H groups in total. The molecule has 0 saturated heterocycles. The van der Waals surface area contributed by atoms with Gasteiger partial charge in [-0.15, -0.1) is 0 Å². The number of nitrogens with one attached hydrogen (secondary N) is 1. The van der Waals surface area contributed by atoms with Gasteiger partial charge in [0.2, 0.25) is 11.8 Å². The molecule has 0 bridgehead atoms. The molecule has 0 saturated carbocycles. The number of carbonyl (C=O) groups is 2. The highest BCUT2D eigenvalue weighted by atomic mass is 35.5. The number of hydrogen-bond acceptors (Lipinski definition) is 4. The first-order valence-corrected chi connectivity index (χ1v) is 16.6. The van der Waals surface area contributed by atoms with E-state index in [4.69, 9.17) is 34.8 Å². The van der Waals surface area contributed by atoms with Gasteiger partial charge in [0, 0.05) is 34.6 Å². The summed E-state index contributed by atoms with van der Waals surface area (Å²) in [5, 5.41) is 4.02. The number of para-hydroxylation sites is 1. The smallest absolute Gasteiger partial charge is 0.264 e. The Morgan fingerprint density at radius 2 is 1.43 bits per heavy atom. The molecule has 0 heterocycles. The fraction of sp³-hybridized carbons (Fsp3) is 0.212. The van der Waals surface area contributed by atoms with Gasteiger partial charge in [-0.3, -0.25) is 13.9 Å². The minimum absolute atomic E-state index is 0.0348. The van der Waals surface area contributed by atoms with Crippen molar-refractivity contribution in [2.24, 2.45) is 0 Å². The van der Waals surface area contributed by atoms with E-state index < -0.39 is 28.5 Å². The second kappa shape index (κ2) is 15.4. The summed E-state index contributed by atoms with van der Waals surface area (Å²) in [7, 11) is -4.22. The number of benzene rings is 4. The lowest BCUT2D eigenvalue weighted by Gasteiger charge is -2.34. The van der Waals surface area contributed by atoms with Crippen LogP contribution in [-0.2, 0) is 32.6 Å². The third-order valence-corrected chi connectivity index (χ3v) is 9.53. The van der Waals surface area contributed by atoms with Crippen molar-refractivity contribution in [3.8, 4) is 0 Å². The van der Waals surface area contributed by atoms with Gasteiger partial charge in [-0.2, -0.15) is 0 Å². The molecule has 4 aromatic carbocycles. The zero-order valence-corrected chi connectivity index (χ0v) is 27.1. The summed E-state index contributed by atoms with van der Waals surface area (Å²) in [6.45, 7) is 1.71.